The van der Waals surface area contributed by atoms with Gasteiger partial charge in [0.1, 0.15) is 6.07 Å². The molecule has 0 fully saturated rings. The van der Waals surface area contributed by atoms with E-state index in [1.54, 1.807) is 12.3 Å². The predicted molar refractivity (Wildman–Crippen MR) is 83.5 cm³/mol. The van der Waals surface area contributed by atoms with Gasteiger partial charge in [0, 0.05) is 23.8 Å². The third-order valence-electron chi connectivity index (χ3n) is 3.58. The second-order valence-electron chi connectivity index (χ2n) is 6.54. The van der Waals surface area contributed by atoms with E-state index in [0.29, 0.717) is 12.1 Å². The molecule has 1 aromatic rings. The van der Waals surface area contributed by atoms with E-state index in [9.17, 15) is 5.11 Å². The van der Waals surface area contributed by atoms with Gasteiger partial charge in [-0.1, -0.05) is 6.08 Å². The molecule has 1 atom stereocenters. The number of rotatable bonds is 4. The van der Waals surface area contributed by atoms with E-state index in [-0.39, 0.29) is 5.54 Å². The van der Waals surface area contributed by atoms with Crippen molar-refractivity contribution >= 4 is 5.57 Å². The van der Waals surface area contributed by atoms with Crippen molar-refractivity contribution in [2.75, 3.05) is 6.54 Å². The van der Waals surface area contributed by atoms with Crippen molar-refractivity contribution < 1.29 is 5.11 Å². The molecule has 0 radical (unpaired) electrons. The zero-order valence-electron chi connectivity index (χ0n) is 13.0. The Morgan fingerprint density at radius 3 is 2.81 bits per heavy atom. The van der Waals surface area contributed by atoms with Crippen LogP contribution < -0.4 is 5.32 Å². The Bertz CT molecular complexity index is 579. The van der Waals surface area contributed by atoms with Gasteiger partial charge in [0.15, 0.2) is 0 Å². The van der Waals surface area contributed by atoms with Crippen molar-refractivity contribution in [3.63, 3.8) is 0 Å². The Morgan fingerprint density at radius 2 is 2.24 bits per heavy atom. The van der Waals surface area contributed by atoms with Crippen molar-refractivity contribution in [2.45, 2.75) is 51.7 Å². The molecule has 0 saturated heterocycles. The van der Waals surface area contributed by atoms with Crippen molar-refractivity contribution in [3.05, 3.63) is 35.2 Å². The Labute approximate surface area is 126 Å². The number of hydrogen-bond donors (Lipinski definition) is 2. The number of hydrogen-bond acceptors (Lipinski definition) is 4. The highest BCUT2D eigenvalue weighted by Crippen LogP contribution is 2.31. The summed E-state index contributed by atoms with van der Waals surface area (Å²) < 4.78 is 0. The smallest absolute Gasteiger partial charge is 0.101 e. The first-order valence-electron chi connectivity index (χ1n) is 7.43. The van der Waals surface area contributed by atoms with Crippen LogP contribution in [0.5, 0.6) is 0 Å². The minimum atomic E-state index is -0.665. The molecular formula is C17H23N3O. The molecule has 1 heterocycles. The number of nitrogens with zero attached hydrogens (tertiary/aromatic N) is 2. The molecule has 0 aromatic carbocycles. The van der Waals surface area contributed by atoms with Gasteiger partial charge in [-0.2, -0.15) is 5.26 Å². The molecule has 0 bridgehead atoms. The molecule has 4 heteroatoms. The number of nitriles is 1. The van der Waals surface area contributed by atoms with Crippen LogP contribution >= 0.6 is 0 Å². The molecule has 0 saturated carbocycles. The van der Waals surface area contributed by atoms with Gasteiger partial charge in [-0.25, -0.2) is 0 Å². The van der Waals surface area contributed by atoms with Gasteiger partial charge in [-0.3, -0.25) is 4.98 Å². The van der Waals surface area contributed by atoms with Gasteiger partial charge in [-0.15, -0.1) is 0 Å². The molecule has 0 spiro atoms. The molecule has 0 aliphatic heterocycles. The van der Waals surface area contributed by atoms with Crippen molar-refractivity contribution in [3.8, 4) is 6.07 Å². The standard InChI is InChI=1S/C17H23N3O/c1-17(2,3)20-11-15(21)14-8-12(9-18)10-19-16(14)13-6-4-5-7-13/h6,8,10,15,20-21H,4-5,7,11H2,1-3H3/t15-/m0/s1. The molecule has 1 aliphatic rings. The summed E-state index contributed by atoms with van der Waals surface area (Å²) in [6, 6.07) is 3.86. The summed E-state index contributed by atoms with van der Waals surface area (Å²) in [6.07, 6.45) is 6.29. The first-order valence-corrected chi connectivity index (χ1v) is 7.43. The van der Waals surface area contributed by atoms with E-state index in [0.717, 1.165) is 30.5 Å². The van der Waals surface area contributed by atoms with Crippen molar-refractivity contribution in [2.24, 2.45) is 0 Å². The van der Waals surface area contributed by atoms with Crippen LogP contribution in [-0.4, -0.2) is 22.2 Å². The molecule has 2 rings (SSSR count). The number of β-amino-alcohol motifs (C(OH)–C–C–N with tert-alkyl or cyclic N) is 1. The molecule has 2 N–H and O–H groups in total. The number of aliphatic hydroxyl groups is 1. The SMILES string of the molecule is CC(C)(C)NC[C@H](O)c1cc(C#N)cnc1C1=CCCC1. The Balaban J connectivity index is 2.28. The highest BCUT2D eigenvalue weighted by molar-refractivity contribution is 5.67. The van der Waals surface area contributed by atoms with Crippen LogP contribution in [0.15, 0.2) is 18.3 Å². The minimum Gasteiger partial charge on any atom is -0.387 e. The number of allylic oxidation sites excluding steroid dienone is 2. The fourth-order valence-electron chi connectivity index (χ4n) is 2.46. The molecule has 1 aliphatic carbocycles. The second-order valence-corrected chi connectivity index (χ2v) is 6.54. The van der Waals surface area contributed by atoms with Crippen LogP contribution in [0.1, 0.15) is 63.0 Å². The zero-order chi connectivity index (χ0) is 15.5. The van der Waals surface area contributed by atoms with Crippen LogP contribution in [0.3, 0.4) is 0 Å². The molecule has 0 unspecified atom stereocenters. The number of nitrogens with one attached hydrogen (secondary N) is 1. The van der Waals surface area contributed by atoms with Crippen molar-refractivity contribution in [1.29, 1.82) is 5.26 Å². The normalized spacial score (nSPS) is 16.4. The summed E-state index contributed by atoms with van der Waals surface area (Å²) in [5, 5.41) is 22.9. The molecular weight excluding hydrogens is 262 g/mol. The summed E-state index contributed by atoms with van der Waals surface area (Å²) in [5.74, 6) is 0. The van der Waals surface area contributed by atoms with Gasteiger partial charge in [0.05, 0.1) is 17.4 Å². The van der Waals surface area contributed by atoms with E-state index in [2.05, 4.69) is 43.2 Å². The Morgan fingerprint density at radius 1 is 1.48 bits per heavy atom. The van der Waals surface area contributed by atoms with Gasteiger partial charge in [-0.05, 0) is 51.7 Å². The first-order chi connectivity index (χ1) is 9.90. The van der Waals surface area contributed by atoms with Crippen LogP contribution in [0, 0.1) is 11.3 Å². The average molecular weight is 285 g/mol. The molecule has 4 nitrogen and oxygen atoms in total. The van der Waals surface area contributed by atoms with E-state index >= 15 is 0 Å². The second kappa shape index (κ2) is 6.38. The lowest BCUT2D eigenvalue weighted by Crippen LogP contribution is -2.38. The molecule has 0 amide bonds. The summed E-state index contributed by atoms with van der Waals surface area (Å²) in [7, 11) is 0. The maximum atomic E-state index is 10.5. The van der Waals surface area contributed by atoms with E-state index in [4.69, 9.17) is 5.26 Å². The summed E-state index contributed by atoms with van der Waals surface area (Å²) in [4.78, 5) is 4.42. The highest BCUT2D eigenvalue weighted by Gasteiger charge is 2.20. The van der Waals surface area contributed by atoms with Gasteiger partial charge >= 0.3 is 0 Å². The summed E-state index contributed by atoms with van der Waals surface area (Å²) >= 11 is 0. The topological polar surface area (TPSA) is 68.9 Å². The molecule has 112 valence electrons. The van der Waals surface area contributed by atoms with Crippen molar-refractivity contribution in [1.82, 2.24) is 10.3 Å². The lowest BCUT2D eigenvalue weighted by Gasteiger charge is -2.24. The lowest BCUT2D eigenvalue weighted by molar-refractivity contribution is 0.162. The fourth-order valence-corrected chi connectivity index (χ4v) is 2.46. The Hall–Kier alpha value is -1.70. The lowest BCUT2D eigenvalue weighted by atomic mass is 9.99. The largest absolute Gasteiger partial charge is 0.387 e. The Kier molecular flexibility index (Phi) is 4.76. The highest BCUT2D eigenvalue weighted by atomic mass is 16.3. The first kappa shape index (κ1) is 15.7. The van der Waals surface area contributed by atoms with Gasteiger partial charge < -0.3 is 10.4 Å². The number of aliphatic hydroxyl groups excluding tert-OH is 1. The fraction of sp³-hybridized carbons (Fsp3) is 0.529. The number of aromatic nitrogens is 1. The van der Waals surface area contributed by atoms with Crippen LogP contribution in [0.25, 0.3) is 5.57 Å². The predicted octanol–water partition coefficient (Wildman–Crippen LogP) is 2.94. The van der Waals surface area contributed by atoms with E-state index < -0.39 is 6.10 Å². The minimum absolute atomic E-state index is 0.0615. The van der Waals surface area contributed by atoms with E-state index in [1.165, 1.54) is 5.57 Å². The number of pyridine rings is 1. The van der Waals surface area contributed by atoms with Crippen LogP contribution in [0.4, 0.5) is 0 Å². The summed E-state index contributed by atoms with van der Waals surface area (Å²) in [5.41, 5.74) is 3.20. The monoisotopic (exact) mass is 285 g/mol. The summed E-state index contributed by atoms with van der Waals surface area (Å²) in [6.45, 7) is 6.62. The van der Waals surface area contributed by atoms with E-state index in [1.807, 2.05) is 0 Å². The van der Waals surface area contributed by atoms with Gasteiger partial charge in [0.25, 0.3) is 0 Å². The third kappa shape index (κ3) is 4.13. The van der Waals surface area contributed by atoms with Crippen LogP contribution in [-0.2, 0) is 0 Å². The molecule has 21 heavy (non-hydrogen) atoms. The zero-order valence-corrected chi connectivity index (χ0v) is 13.0. The maximum absolute atomic E-state index is 10.5. The third-order valence-corrected chi connectivity index (χ3v) is 3.58. The van der Waals surface area contributed by atoms with Gasteiger partial charge in [0.2, 0.25) is 0 Å². The quantitative estimate of drug-likeness (QED) is 0.892. The molecule has 1 aromatic heterocycles. The maximum Gasteiger partial charge on any atom is 0.101 e. The van der Waals surface area contributed by atoms with Crippen LogP contribution in [0.2, 0.25) is 0 Å². The average Bonchev–Trinajstić information content (AvgIpc) is 2.97.